The maximum absolute atomic E-state index is 12.5. The Bertz CT molecular complexity index is 756. The van der Waals surface area contributed by atoms with Gasteiger partial charge in [0, 0.05) is 6.54 Å². The van der Waals surface area contributed by atoms with Gasteiger partial charge >= 0.3 is 6.09 Å². The Balaban J connectivity index is 1.52. The molecule has 0 radical (unpaired) electrons. The zero-order valence-corrected chi connectivity index (χ0v) is 16.8. The van der Waals surface area contributed by atoms with Crippen LogP contribution in [0.1, 0.15) is 57.2 Å². The molecule has 0 aromatic heterocycles. The van der Waals surface area contributed by atoms with Gasteiger partial charge in [-0.3, -0.25) is 9.59 Å². The van der Waals surface area contributed by atoms with Gasteiger partial charge in [0.1, 0.15) is 11.6 Å². The molecule has 3 rings (SSSR count). The van der Waals surface area contributed by atoms with Crippen LogP contribution in [0.5, 0.6) is 0 Å². The van der Waals surface area contributed by atoms with Crippen molar-refractivity contribution >= 4 is 17.9 Å². The van der Waals surface area contributed by atoms with Crippen LogP contribution in [0, 0.1) is 0 Å². The van der Waals surface area contributed by atoms with E-state index in [2.05, 4.69) is 22.8 Å². The van der Waals surface area contributed by atoms with Crippen LogP contribution in [0.3, 0.4) is 0 Å². The molecule has 28 heavy (non-hydrogen) atoms. The number of ether oxygens (including phenoxy) is 1. The minimum atomic E-state index is -0.641. The van der Waals surface area contributed by atoms with E-state index < -0.39 is 17.7 Å². The van der Waals surface area contributed by atoms with Crippen molar-refractivity contribution in [2.45, 2.75) is 64.1 Å². The fourth-order valence-corrected chi connectivity index (χ4v) is 3.80. The second-order valence-electron chi connectivity index (χ2n) is 8.46. The third kappa shape index (κ3) is 5.03. The highest BCUT2D eigenvalue weighted by molar-refractivity contribution is 5.91. The number of likely N-dealkylation sites (tertiary alicyclic amines) is 1. The van der Waals surface area contributed by atoms with Crippen molar-refractivity contribution < 1.29 is 19.1 Å². The predicted octanol–water partition coefficient (Wildman–Crippen LogP) is 2.31. The Labute approximate surface area is 165 Å². The molecule has 0 saturated carbocycles. The van der Waals surface area contributed by atoms with E-state index in [1.807, 2.05) is 12.1 Å². The fourth-order valence-electron chi connectivity index (χ4n) is 3.80. The van der Waals surface area contributed by atoms with E-state index >= 15 is 0 Å². The number of benzene rings is 1. The summed E-state index contributed by atoms with van der Waals surface area (Å²) in [4.78, 5) is 38.4. The Morgan fingerprint density at radius 1 is 1.14 bits per heavy atom. The first kappa shape index (κ1) is 20.2. The second kappa shape index (κ2) is 8.20. The largest absolute Gasteiger partial charge is 0.444 e. The van der Waals surface area contributed by atoms with Crippen LogP contribution in [0.25, 0.3) is 0 Å². The summed E-state index contributed by atoms with van der Waals surface area (Å²) in [5.41, 5.74) is 1.82. The number of amides is 3. The standard InChI is InChI=1S/C21H29N3O4/c1-21(2,3)28-20(27)23-17-11-12-24(19(17)26)13-18(25)22-16-10-6-8-14-7-4-5-9-15(14)16/h4-5,7,9,16-17H,6,8,10-13H2,1-3H3,(H,22,25)(H,23,27)/t16?,17-/m0/s1. The Morgan fingerprint density at radius 3 is 2.64 bits per heavy atom. The average Bonchev–Trinajstić information content (AvgIpc) is 2.93. The van der Waals surface area contributed by atoms with Crippen LogP contribution < -0.4 is 10.6 Å². The second-order valence-corrected chi connectivity index (χ2v) is 8.46. The highest BCUT2D eigenvalue weighted by atomic mass is 16.6. The molecule has 0 bridgehead atoms. The van der Waals surface area contributed by atoms with Crippen molar-refractivity contribution in [1.82, 2.24) is 15.5 Å². The number of alkyl carbamates (subject to hydrolysis) is 1. The molecule has 0 spiro atoms. The lowest BCUT2D eigenvalue weighted by Crippen LogP contribution is -2.46. The van der Waals surface area contributed by atoms with Gasteiger partial charge in [-0.15, -0.1) is 0 Å². The van der Waals surface area contributed by atoms with Gasteiger partial charge in [0.05, 0.1) is 12.6 Å². The molecule has 2 atom stereocenters. The maximum atomic E-state index is 12.5. The number of carbonyl (C=O) groups excluding carboxylic acids is 3. The number of hydrogen-bond donors (Lipinski definition) is 2. The van der Waals surface area contributed by atoms with Crippen molar-refractivity contribution in [3.05, 3.63) is 35.4 Å². The number of carbonyl (C=O) groups is 3. The minimum absolute atomic E-state index is 0.00397. The predicted molar refractivity (Wildman–Crippen MR) is 105 cm³/mol. The SMILES string of the molecule is CC(C)(C)OC(=O)N[C@H]1CCN(CC(=O)NC2CCCc3ccccc32)C1=O. The number of hydrogen-bond acceptors (Lipinski definition) is 4. The van der Waals surface area contributed by atoms with E-state index in [4.69, 9.17) is 4.74 Å². The summed E-state index contributed by atoms with van der Waals surface area (Å²) in [6.07, 6.45) is 2.82. The fraction of sp³-hybridized carbons (Fsp3) is 0.571. The van der Waals surface area contributed by atoms with Gasteiger partial charge in [-0.05, 0) is 57.6 Å². The summed E-state index contributed by atoms with van der Waals surface area (Å²) in [6, 6.07) is 7.51. The molecule has 1 aliphatic heterocycles. The lowest BCUT2D eigenvalue weighted by Gasteiger charge is -2.27. The van der Waals surface area contributed by atoms with Crippen molar-refractivity contribution in [1.29, 1.82) is 0 Å². The topological polar surface area (TPSA) is 87.7 Å². The monoisotopic (exact) mass is 387 g/mol. The summed E-state index contributed by atoms with van der Waals surface area (Å²) < 4.78 is 5.20. The van der Waals surface area contributed by atoms with Gasteiger partial charge in [-0.2, -0.15) is 0 Å². The smallest absolute Gasteiger partial charge is 0.408 e. The van der Waals surface area contributed by atoms with E-state index in [1.54, 1.807) is 20.8 Å². The normalized spacial score (nSPS) is 21.8. The van der Waals surface area contributed by atoms with Gasteiger partial charge in [0.25, 0.3) is 0 Å². The molecule has 7 heteroatoms. The first-order chi connectivity index (χ1) is 13.2. The van der Waals surface area contributed by atoms with E-state index in [0.717, 1.165) is 19.3 Å². The number of fused-ring (bicyclic) bond motifs is 1. The highest BCUT2D eigenvalue weighted by Gasteiger charge is 2.35. The maximum Gasteiger partial charge on any atom is 0.408 e. The molecule has 3 amide bonds. The van der Waals surface area contributed by atoms with E-state index in [0.29, 0.717) is 13.0 Å². The number of aryl methyl sites for hydroxylation is 1. The average molecular weight is 387 g/mol. The van der Waals surface area contributed by atoms with Crippen LogP contribution >= 0.6 is 0 Å². The third-order valence-corrected chi connectivity index (χ3v) is 5.03. The molecule has 1 aliphatic carbocycles. The third-order valence-electron chi connectivity index (χ3n) is 5.03. The zero-order chi connectivity index (χ0) is 20.3. The molecule has 1 aromatic carbocycles. The van der Waals surface area contributed by atoms with Crippen molar-refractivity contribution in [3.8, 4) is 0 Å². The molecule has 152 valence electrons. The van der Waals surface area contributed by atoms with Gasteiger partial charge in [-0.25, -0.2) is 4.79 Å². The van der Waals surface area contributed by atoms with E-state index in [9.17, 15) is 14.4 Å². The van der Waals surface area contributed by atoms with Gasteiger partial charge < -0.3 is 20.3 Å². The minimum Gasteiger partial charge on any atom is -0.444 e. The van der Waals surface area contributed by atoms with Crippen molar-refractivity contribution in [2.24, 2.45) is 0 Å². The number of rotatable bonds is 4. The Kier molecular flexibility index (Phi) is 5.91. The van der Waals surface area contributed by atoms with Crippen LogP contribution in [0.4, 0.5) is 4.79 Å². The van der Waals surface area contributed by atoms with Gasteiger partial charge in [-0.1, -0.05) is 24.3 Å². The van der Waals surface area contributed by atoms with Crippen LogP contribution in [0.15, 0.2) is 24.3 Å². The summed E-state index contributed by atoms with van der Waals surface area (Å²) in [7, 11) is 0. The molecular formula is C21H29N3O4. The van der Waals surface area contributed by atoms with Gasteiger partial charge in [0.15, 0.2) is 0 Å². The van der Waals surface area contributed by atoms with Crippen LogP contribution in [-0.4, -0.2) is 47.5 Å². The van der Waals surface area contributed by atoms with E-state index in [-0.39, 0.29) is 24.4 Å². The highest BCUT2D eigenvalue weighted by Crippen LogP contribution is 2.29. The molecule has 1 aromatic rings. The summed E-state index contributed by atoms with van der Waals surface area (Å²) in [5, 5.41) is 5.66. The lowest BCUT2D eigenvalue weighted by atomic mass is 9.88. The number of nitrogens with zero attached hydrogens (tertiary/aromatic N) is 1. The van der Waals surface area contributed by atoms with Crippen LogP contribution in [-0.2, 0) is 20.7 Å². The molecule has 2 aliphatic rings. The molecule has 1 heterocycles. The lowest BCUT2D eigenvalue weighted by molar-refractivity contribution is -0.134. The summed E-state index contributed by atoms with van der Waals surface area (Å²) in [5.74, 6) is -0.418. The Morgan fingerprint density at radius 2 is 1.89 bits per heavy atom. The molecule has 7 nitrogen and oxygen atoms in total. The van der Waals surface area contributed by atoms with Crippen molar-refractivity contribution in [2.75, 3.05) is 13.1 Å². The molecule has 1 fully saturated rings. The van der Waals surface area contributed by atoms with Crippen LogP contribution in [0.2, 0.25) is 0 Å². The summed E-state index contributed by atoms with van der Waals surface area (Å²) in [6.45, 7) is 5.74. The molecule has 1 saturated heterocycles. The van der Waals surface area contributed by atoms with Gasteiger partial charge in [0.2, 0.25) is 11.8 Å². The first-order valence-electron chi connectivity index (χ1n) is 9.88. The summed E-state index contributed by atoms with van der Waals surface area (Å²) >= 11 is 0. The van der Waals surface area contributed by atoms with Crippen molar-refractivity contribution in [3.63, 3.8) is 0 Å². The quantitative estimate of drug-likeness (QED) is 0.830. The van der Waals surface area contributed by atoms with E-state index in [1.165, 1.54) is 16.0 Å². The first-order valence-corrected chi connectivity index (χ1v) is 9.88. The molecule has 2 N–H and O–H groups in total. The molecular weight excluding hydrogens is 358 g/mol. The number of nitrogens with one attached hydrogen (secondary N) is 2. The molecule has 1 unspecified atom stereocenters. The Hall–Kier alpha value is -2.57. The zero-order valence-electron chi connectivity index (χ0n) is 16.8.